The number of non-ortho nitro benzene ring substituents is 1. The number of nitro groups is 1. The number of benzene rings is 1. The van der Waals surface area contributed by atoms with Crippen LogP contribution >= 0.6 is 22.6 Å². The van der Waals surface area contributed by atoms with Crippen LogP contribution in [0.3, 0.4) is 0 Å². The molecular weight excluding hydrogens is 361 g/mol. The maximum absolute atomic E-state index is 10.7. The summed E-state index contributed by atoms with van der Waals surface area (Å²) in [6.45, 7) is 0. The van der Waals surface area contributed by atoms with Gasteiger partial charge in [0.25, 0.3) is 5.69 Å². The highest BCUT2D eigenvalue weighted by atomic mass is 127. The van der Waals surface area contributed by atoms with Gasteiger partial charge in [0.2, 0.25) is 0 Å². The number of halogens is 1. The number of alkyl halides is 1. The molecule has 0 unspecified atom stereocenters. The van der Waals surface area contributed by atoms with Gasteiger partial charge in [-0.15, -0.1) is 0 Å². The summed E-state index contributed by atoms with van der Waals surface area (Å²) < 4.78 is 0.474. The minimum atomic E-state index is -0.364. The highest BCUT2D eigenvalue weighted by Gasteiger charge is 2.63. The van der Waals surface area contributed by atoms with Crippen LogP contribution in [0.1, 0.15) is 17.9 Å². The van der Waals surface area contributed by atoms with Crippen molar-refractivity contribution in [1.82, 2.24) is 0 Å². The van der Waals surface area contributed by atoms with Crippen molar-refractivity contribution >= 4 is 28.3 Å². The standard InChI is InChI=1S/C13H12INO4/c14-11-8-5-9-12(18-19-13(9)11)10(8)6-1-3-7(4-2-6)15(16)17/h1-4,8-13H,5H2/t8-,9-,10+,11-,12+,13+/m1/s1. The molecule has 6 heteroatoms. The van der Waals surface area contributed by atoms with Gasteiger partial charge < -0.3 is 0 Å². The molecule has 6 atom stereocenters. The van der Waals surface area contributed by atoms with E-state index >= 15 is 0 Å². The molecule has 2 aliphatic carbocycles. The van der Waals surface area contributed by atoms with Crippen molar-refractivity contribution < 1.29 is 14.7 Å². The third kappa shape index (κ3) is 1.59. The van der Waals surface area contributed by atoms with E-state index in [9.17, 15) is 10.1 Å². The van der Waals surface area contributed by atoms with Gasteiger partial charge >= 0.3 is 0 Å². The summed E-state index contributed by atoms with van der Waals surface area (Å²) in [5.74, 6) is 1.36. The van der Waals surface area contributed by atoms with E-state index < -0.39 is 0 Å². The van der Waals surface area contributed by atoms with E-state index in [2.05, 4.69) is 22.6 Å². The quantitative estimate of drug-likeness (QED) is 0.263. The van der Waals surface area contributed by atoms with Crippen molar-refractivity contribution in [2.75, 3.05) is 0 Å². The van der Waals surface area contributed by atoms with Crippen LogP contribution < -0.4 is 0 Å². The first-order chi connectivity index (χ1) is 9.16. The lowest BCUT2D eigenvalue weighted by Gasteiger charge is -2.28. The molecule has 3 fully saturated rings. The second-order valence-electron chi connectivity index (χ2n) is 5.50. The lowest BCUT2D eigenvalue weighted by atomic mass is 9.80. The summed E-state index contributed by atoms with van der Waals surface area (Å²) in [6.07, 6.45) is 1.51. The van der Waals surface area contributed by atoms with Crippen molar-refractivity contribution in [2.45, 2.75) is 28.5 Å². The Bertz CT molecular complexity index is 534. The topological polar surface area (TPSA) is 61.6 Å². The van der Waals surface area contributed by atoms with Gasteiger partial charge in [0.15, 0.2) is 0 Å². The average molecular weight is 373 g/mol. The molecule has 4 rings (SSSR count). The van der Waals surface area contributed by atoms with Crippen LogP contribution in [0.4, 0.5) is 5.69 Å². The Morgan fingerprint density at radius 2 is 1.84 bits per heavy atom. The molecule has 2 bridgehead atoms. The number of hydrogen-bond donors (Lipinski definition) is 0. The van der Waals surface area contributed by atoms with E-state index in [1.807, 2.05) is 12.1 Å². The fourth-order valence-corrected chi connectivity index (χ4v) is 5.27. The Balaban J connectivity index is 1.68. The molecule has 1 saturated heterocycles. The minimum absolute atomic E-state index is 0.127. The molecular formula is C13H12INO4. The van der Waals surface area contributed by atoms with E-state index in [1.165, 1.54) is 0 Å². The molecule has 1 aromatic carbocycles. The Morgan fingerprint density at radius 1 is 1.16 bits per heavy atom. The highest BCUT2D eigenvalue weighted by molar-refractivity contribution is 14.1. The molecule has 0 radical (unpaired) electrons. The summed E-state index contributed by atoms with van der Waals surface area (Å²) in [7, 11) is 0. The molecule has 0 spiro atoms. The van der Waals surface area contributed by atoms with Crippen molar-refractivity contribution in [3.63, 3.8) is 0 Å². The molecule has 1 heterocycles. The summed E-state index contributed by atoms with van der Waals surface area (Å²) in [6, 6.07) is 6.89. The molecule has 1 aromatic rings. The van der Waals surface area contributed by atoms with Crippen LogP contribution in [0.25, 0.3) is 0 Å². The molecule has 0 aromatic heterocycles. The molecule has 19 heavy (non-hydrogen) atoms. The fourth-order valence-electron chi connectivity index (χ4n) is 3.87. The van der Waals surface area contributed by atoms with Crippen LogP contribution in [0.15, 0.2) is 24.3 Å². The number of rotatable bonds is 2. The smallest absolute Gasteiger partial charge is 0.258 e. The van der Waals surface area contributed by atoms with Crippen LogP contribution in [-0.4, -0.2) is 21.1 Å². The van der Waals surface area contributed by atoms with Crippen molar-refractivity contribution in [3.8, 4) is 0 Å². The zero-order valence-electron chi connectivity index (χ0n) is 9.94. The van der Waals surface area contributed by atoms with Gasteiger partial charge in [-0.1, -0.05) is 34.7 Å². The summed E-state index contributed by atoms with van der Waals surface area (Å²) >= 11 is 2.46. The number of hydrogen-bond acceptors (Lipinski definition) is 4. The fraction of sp³-hybridized carbons (Fsp3) is 0.538. The van der Waals surface area contributed by atoms with E-state index in [0.717, 1.165) is 12.0 Å². The second kappa shape index (κ2) is 4.13. The number of nitro benzene ring substituents is 1. The van der Waals surface area contributed by atoms with E-state index in [0.29, 0.717) is 21.7 Å². The first-order valence-electron chi connectivity index (χ1n) is 6.37. The summed E-state index contributed by atoms with van der Waals surface area (Å²) in [4.78, 5) is 21.3. The van der Waals surface area contributed by atoms with Crippen molar-refractivity contribution in [1.29, 1.82) is 0 Å². The lowest BCUT2D eigenvalue weighted by molar-refractivity contribution is -0.384. The van der Waals surface area contributed by atoms with Gasteiger partial charge in [-0.05, 0) is 17.9 Å². The van der Waals surface area contributed by atoms with E-state index in [-0.39, 0.29) is 22.8 Å². The molecule has 0 N–H and O–H groups in total. The van der Waals surface area contributed by atoms with Gasteiger partial charge in [-0.3, -0.25) is 10.1 Å². The Kier molecular flexibility index (Phi) is 2.62. The Labute approximate surface area is 123 Å². The average Bonchev–Trinajstić information content (AvgIpc) is 3.01. The monoisotopic (exact) mass is 373 g/mol. The largest absolute Gasteiger partial charge is 0.269 e. The number of nitrogens with zero attached hydrogens (tertiary/aromatic N) is 1. The number of fused-ring (bicyclic) bond motifs is 1. The zero-order valence-corrected chi connectivity index (χ0v) is 12.1. The molecule has 5 nitrogen and oxygen atoms in total. The third-order valence-corrected chi connectivity index (χ3v) is 6.33. The predicted octanol–water partition coefficient (Wildman–Crippen LogP) is 2.83. The molecule has 3 aliphatic rings. The van der Waals surface area contributed by atoms with Crippen LogP contribution in [0.5, 0.6) is 0 Å². The molecule has 1 aliphatic heterocycles. The third-order valence-electron chi connectivity index (χ3n) is 4.69. The maximum atomic E-state index is 10.7. The lowest BCUT2D eigenvalue weighted by Crippen LogP contribution is -2.34. The summed E-state index contributed by atoms with van der Waals surface area (Å²) in [5.41, 5.74) is 1.27. The Hall–Kier alpha value is -0.730. The first kappa shape index (κ1) is 12.0. The van der Waals surface area contributed by atoms with Crippen LogP contribution in [0, 0.1) is 22.0 Å². The predicted molar refractivity (Wildman–Crippen MR) is 75.0 cm³/mol. The highest BCUT2D eigenvalue weighted by Crippen LogP contribution is 2.60. The molecule has 100 valence electrons. The second-order valence-corrected chi connectivity index (χ2v) is 6.94. The van der Waals surface area contributed by atoms with Crippen LogP contribution in [-0.2, 0) is 9.78 Å². The van der Waals surface area contributed by atoms with Crippen molar-refractivity contribution in [2.24, 2.45) is 11.8 Å². The van der Waals surface area contributed by atoms with E-state index in [4.69, 9.17) is 9.78 Å². The van der Waals surface area contributed by atoms with Crippen LogP contribution in [0.2, 0.25) is 0 Å². The Morgan fingerprint density at radius 3 is 2.53 bits per heavy atom. The maximum Gasteiger partial charge on any atom is 0.269 e. The first-order valence-corrected chi connectivity index (χ1v) is 7.62. The van der Waals surface area contributed by atoms with Gasteiger partial charge in [0.1, 0.15) is 12.2 Å². The normalized spacial score (nSPS) is 42.8. The summed E-state index contributed by atoms with van der Waals surface area (Å²) in [5, 5.41) is 10.7. The SMILES string of the molecule is O=[N+]([O-])c1ccc([C@H]2[C@H]3C[C@H]4[C@H](OO[C@@H]42)[C@@H]3I)cc1. The van der Waals surface area contributed by atoms with Gasteiger partial charge in [-0.25, -0.2) is 9.78 Å². The van der Waals surface area contributed by atoms with Gasteiger partial charge in [0, 0.05) is 27.9 Å². The molecule has 2 saturated carbocycles. The van der Waals surface area contributed by atoms with E-state index in [1.54, 1.807) is 12.1 Å². The minimum Gasteiger partial charge on any atom is -0.258 e. The molecule has 0 amide bonds. The van der Waals surface area contributed by atoms with Gasteiger partial charge in [0.05, 0.1) is 4.92 Å². The van der Waals surface area contributed by atoms with Gasteiger partial charge in [-0.2, -0.15) is 0 Å². The zero-order chi connectivity index (χ0) is 13.1. The van der Waals surface area contributed by atoms with Crippen molar-refractivity contribution in [3.05, 3.63) is 39.9 Å².